The molecule has 0 radical (unpaired) electrons. The SMILES string of the molecule is O=C(NC1CCCCC1)[C@@H]1CCCN(C[C@@H](O)c2cccc(C(F)(F)F)c2)C1. The van der Waals surface area contributed by atoms with Crippen LogP contribution in [0.4, 0.5) is 13.2 Å². The molecule has 1 saturated carbocycles. The normalized spacial score (nSPS) is 23.4. The molecule has 156 valence electrons. The van der Waals surface area contributed by atoms with Crippen LogP contribution in [0.3, 0.4) is 0 Å². The van der Waals surface area contributed by atoms with E-state index in [1.807, 2.05) is 4.90 Å². The molecule has 7 heteroatoms. The zero-order valence-electron chi connectivity index (χ0n) is 16.0. The second kappa shape index (κ2) is 9.27. The lowest BCUT2D eigenvalue weighted by molar-refractivity contribution is -0.137. The van der Waals surface area contributed by atoms with Crippen LogP contribution >= 0.6 is 0 Å². The first-order valence-electron chi connectivity index (χ1n) is 10.2. The zero-order chi connectivity index (χ0) is 20.1. The molecule has 1 saturated heterocycles. The number of β-amino-alcohol motifs (C(OH)–C–C–N with tert-alkyl or cyclic N) is 1. The second-order valence-electron chi connectivity index (χ2n) is 8.08. The van der Waals surface area contributed by atoms with Crippen molar-refractivity contribution in [3.8, 4) is 0 Å². The van der Waals surface area contributed by atoms with Gasteiger partial charge >= 0.3 is 6.18 Å². The van der Waals surface area contributed by atoms with E-state index < -0.39 is 17.8 Å². The highest BCUT2D eigenvalue weighted by Crippen LogP contribution is 2.31. The van der Waals surface area contributed by atoms with E-state index in [9.17, 15) is 23.1 Å². The van der Waals surface area contributed by atoms with Gasteiger partial charge in [0.2, 0.25) is 5.91 Å². The van der Waals surface area contributed by atoms with E-state index in [0.717, 1.165) is 57.2 Å². The summed E-state index contributed by atoms with van der Waals surface area (Å²) in [5, 5.41) is 13.6. The number of rotatable bonds is 5. The maximum absolute atomic E-state index is 12.9. The Morgan fingerprint density at radius 2 is 1.93 bits per heavy atom. The first-order chi connectivity index (χ1) is 13.3. The Balaban J connectivity index is 1.55. The summed E-state index contributed by atoms with van der Waals surface area (Å²) in [5.41, 5.74) is -0.504. The minimum Gasteiger partial charge on any atom is -0.387 e. The van der Waals surface area contributed by atoms with Gasteiger partial charge in [0, 0.05) is 19.1 Å². The third-order valence-corrected chi connectivity index (χ3v) is 5.86. The van der Waals surface area contributed by atoms with Gasteiger partial charge in [-0.05, 0) is 49.9 Å². The topological polar surface area (TPSA) is 52.6 Å². The number of likely N-dealkylation sites (tertiary alicyclic amines) is 1. The van der Waals surface area contributed by atoms with E-state index in [2.05, 4.69) is 5.32 Å². The van der Waals surface area contributed by atoms with Gasteiger partial charge in [0.15, 0.2) is 0 Å². The van der Waals surface area contributed by atoms with Crippen molar-refractivity contribution < 1.29 is 23.1 Å². The molecule has 0 bridgehead atoms. The van der Waals surface area contributed by atoms with Gasteiger partial charge in [-0.3, -0.25) is 9.69 Å². The number of piperidine rings is 1. The molecule has 1 heterocycles. The van der Waals surface area contributed by atoms with E-state index >= 15 is 0 Å². The molecule has 2 fully saturated rings. The molecule has 28 heavy (non-hydrogen) atoms. The molecule has 2 atom stereocenters. The van der Waals surface area contributed by atoms with Gasteiger partial charge in [-0.15, -0.1) is 0 Å². The summed E-state index contributed by atoms with van der Waals surface area (Å²) in [6.45, 7) is 1.51. The van der Waals surface area contributed by atoms with Crippen molar-refractivity contribution in [1.82, 2.24) is 10.2 Å². The molecule has 1 aromatic rings. The van der Waals surface area contributed by atoms with Crippen molar-refractivity contribution in [3.63, 3.8) is 0 Å². The predicted molar refractivity (Wildman–Crippen MR) is 101 cm³/mol. The number of carbonyl (C=O) groups excluding carboxylic acids is 1. The summed E-state index contributed by atoms with van der Waals surface area (Å²) in [7, 11) is 0. The first kappa shape index (κ1) is 21.1. The minimum atomic E-state index is -4.43. The lowest BCUT2D eigenvalue weighted by Gasteiger charge is -2.34. The smallest absolute Gasteiger partial charge is 0.387 e. The van der Waals surface area contributed by atoms with Crippen LogP contribution < -0.4 is 5.32 Å². The quantitative estimate of drug-likeness (QED) is 0.791. The fraction of sp³-hybridized carbons (Fsp3) is 0.667. The largest absolute Gasteiger partial charge is 0.416 e. The van der Waals surface area contributed by atoms with Gasteiger partial charge in [-0.1, -0.05) is 31.4 Å². The summed E-state index contributed by atoms with van der Waals surface area (Å²) < 4.78 is 38.7. The van der Waals surface area contributed by atoms with Crippen molar-refractivity contribution in [2.24, 2.45) is 5.92 Å². The summed E-state index contributed by atoms with van der Waals surface area (Å²) in [5.74, 6) is -0.0467. The number of hydrogen-bond acceptors (Lipinski definition) is 3. The van der Waals surface area contributed by atoms with E-state index in [0.29, 0.717) is 6.54 Å². The molecule has 3 rings (SSSR count). The summed E-state index contributed by atoms with van der Waals surface area (Å²) in [6.07, 6.45) is 1.85. The summed E-state index contributed by atoms with van der Waals surface area (Å²) >= 11 is 0. The Morgan fingerprint density at radius 1 is 1.18 bits per heavy atom. The van der Waals surface area contributed by atoms with Crippen LogP contribution in [0.2, 0.25) is 0 Å². The number of nitrogens with one attached hydrogen (secondary N) is 1. The number of aliphatic hydroxyl groups excluding tert-OH is 1. The van der Waals surface area contributed by atoms with E-state index in [1.54, 1.807) is 0 Å². The van der Waals surface area contributed by atoms with Gasteiger partial charge in [-0.25, -0.2) is 0 Å². The van der Waals surface area contributed by atoms with Crippen LogP contribution in [0, 0.1) is 5.92 Å². The van der Waals surface area contributed by atoms with Crippen LogP contribution in [-0.2, 0) is 11.0 Å². The Kier molecular flexibility index (Phi) is 6.99. The molecule has 1 aliphatic heterocycles. The van der Waals surface area contributed by atoms with Gasteiger partial charge < -0.3 is 10.4 Å². The number of hydrogen-bond donors (Lipinski definition) is 2. The van der Waals surface area contributed by atoms with Crippen LogP contribution in [0.25, 0.3) is 0 Å². The number of halogens is 3. The molecule has 4 nitrogen and oxygen atoms in total. The number of amides is 1. The Labute approximate surface area is 164 Å². The van der Waals surface area contributed by atoms with E-state index in [1.165, 1.54) is 18.6 Å². The molecule has 1 aliphatic carbocycles. The lowest BCUT2D eigenvalue weighted by atomic mass is 9.92. The summed E-state index contributed by atoms with van der Waals surface area (Å²) in [4.78, 5) is 14.6. The lowest BCUT2D eigenvalue weighted by Crippen LogP contribution is -2.47. The number of aliphatic hydroxyl groups is 1. The number of benzene rings is 1. The fourth-order valence-electron chi connectivity index (χ4n) is 4.27. The molecule has 2 aliphatic rings. The predicted octanol–water partition coefficient (Wildman–Crippen LogP) is 3.90. The van der Waals surface area contributed by atoms with Crippen LogP contribution in [0.1, 0.15) is 62.2 Å². The Hall–Kier alpha value is -1.60. The third-order valence-electron chi connectivity index (χ3n) is 5.86. The van der Waals surface area contributed by atoms with Gasteiger partial charge in [0.1, 0.15) is 0 Å². The third kappa shape index (κ3) is 5.70. The number of carbonyl (C=O) groups is 1. The average molecular weight is 398 g/mol. The Morgan fingerprint density at radius 3 is 2.64 bits per heavy atom. The highest BCUT2D eigenvalue weighted by Gasteiger charge is 2.32. The van der Waals surface area contributed by atoms with Crippen molar-refractivity contribution in [2.75, 3.05) is 19.6 Å². The first-order valence-corrected chi connectivity index (χ1v) is 10.2. The number of nitrogens with zero attached hydrogens (tertiary/aromatic N) is 1. The molecule has 1 aromatic carbocycles. The van der Waals surface area contributed by atoms with E-state index in [-0.39, 0.29) is 30.0 Å². The molecule has 0 spiro atoms. The van der Waals surface area contributed by atoms with E-state index in [4.69, 9.17) is 0 Å². The minimum absolute atomic E-state index is 0.0742. The molecular formula is C21H29F3N2O2. The fourth-order valence-corrected chi connectivity index (χ4v) is 4.27. The molecule has 0 unspecified atom stereocenters. The second-order valence-corrected chi connectivity index (χ2v) is 8.08. The maximum atomic E-state index is 12.9. The highest BCUT2D eigenvalue weighted by molar-refractivity contribution is 5.79. The molecule has 2 N–H and O–H groups in total. The van der Waals surface area contributed by atoms with Crippen LogP contribution in [-0.4, -0.2) is 41.6 Å². The molecule has 0 aromatic heterocycles. The zero-order valence-corrected chi connectivity index (χ0v) is 16.0. The van der Waals surface area contributed by atoms with Gasteiger partial charge in [-0.2, -0.15) is 13.2 Å². The monoisotopic (exact) mass is 398 g/mol. The summed E-state index contributed by atoms with van der Waals surface area (Å²) in [6, 6.07) is 5.10. The van der Waals surface area contributed by atoms with Crippen molar-refractivity contribution in [1.29, 1.82) is 0 Å². The molecule has 1 amide bonds. The van der Waals surface area contributed by atoms with Gasteiger partial charge in [0.25, 0.3) is 0 Å². The van der Waals surface area contributed by atoms with Crippen molar-refractivity contribution >= 4 is 5.91 Å². The van der Waals surface area contributed by atoms with Crippen molar-refractivity contribution in [2.45, 2.75) is 63.3 Å². The van der Waals surface area contributed by atoms with Gasteiger partial charge in [0.05, 0.1) is 17.6 Å². The number of alkyl halides is 3. The average Bonchev–Trinajstić information content (AvgIpc) is 2.68. The molecular weight excluding hydrogens is 369 g/mol. The Bertz CT molecular complexity index is 659. The van der Waals surface area contributed by atoms with Crippen molar-refractivity contribution in [3.05, 3.63) is 35.4 Å². The highest BCUT2D eigenvalue weighted by atomic mass is 19.4. The van der Waals surface area contributed by atoms with Crippen LogP contribution in [0.5, 0.6) is 0 Å². The maximum Gasteiger partial charge on any atom is 0.416 e. The van der Waals surface area contributed by atoms with Crippen LogP contribution in [0.15, 0.2) is 24.3 Å². The standard InChI is InChI=1S/C21H29F3N2O2/c22-21(23,24)17-8-4-6-15(12-17)19(27)14-26-11-5-7-16(13-26)20(28)25-18-9-2-1-3-10-18/h4,6,8,12,16,18-19,27H,1-3,5,7,9-11,13-14H2,(H,25,28)/t16-,19-/m1/s1.